The van der Waals surface area contributed by atoms with Crippen LogP contribution in [0.4, 0.5) is 29.1 Å². The molecule has 1 aliphatic heterocycles. The number of ether oxygens (including phenoxy) is 1. The number of hydrogen-bond acceptors (Lipinski definition) is 7. The van der Waals surface area contributed by atoms with Gasteiger partial charge in [0.2, 0.25) is 0 Å². The molecule has 1 aromatic carbocycles. The number of nitrogen functional groups attached to an aromatic ring is 1. The SMILES string of the molecule is CC1CCCN(c2nc(OCC3(CN(C)C)CC3)nc3c(F)c(-c4cc(N)cc(Cl)c4C(F)(F)F)ncc23)C1. The van der Waals surface area contributed by atoms with Crippen molar-refractivity contribution < 1.29 is 22.3 Å². The molecular weight excluding hydrogens is 536 g/mol. The molecule has 5 rings (SSSR count). The third kappa shape index (κ3) is 5.70. The normalized spacial score (nSPS) is 19.1. The van der Waals surface area contributed by atoms with Crippen molar-refractivity contribution in [3.63, 3.8) is 0 Å². The first-order valence-electron chi connectivity index (χ1n) is 12.9. The number of benzene rings is 1. The van der Waals surface area contributed by atoms with Gasteiger partial charge >= 0.3 is 12.2 Å². The fraction of sp³-hybridized carbons (Fsp3) is 0.519. The maximum atomic E-state index is 16.2. The molecule has 2 aromatic heterocycles. The van der Waals surface area contributed by atoms with Crippen LogP contribution in [-0.4, -0.2) is 60.2 Å². The highest BCUT2D eigenvalue weighted by atomic mass is 35.5. The van der Waals surface area contributed by atoms with Gasteiger partial charge in [0.05, 0.1) is 22.6 Å². The third-order valence-electron chi connectivity index (χ3n) is 7.37. The molecule has 1 unspecified atom stereocenters. The van der Waals surface area contributed by atoms with Gasteiger partial charge in [0.15, 0.2) is 5.82 Å². The van der Waals surface area contributed by atoms with Crippen molar-refractivity contribution >= 4 is 34.0 Å². The fourth-order valence-corrected chi connectivity index (χ4v) is 5.75. The van der Waals surface area contributed by atoms with Crippen LogP contribution >= 0.6 is 11.6 Å². The van der Waals surface area contributed by atoms with Gasteiger partial charge < -0.3 is 20.3 Å². The number of nitrogens with zero attached hydrogens (tertiary/aromatic N) is 5. The summed E-state index contributed by atoms with van der Waals surface area (Å²) in [7, 11) is 3.98. The van der Waals surface area contributed by atoms with Crippen molar-refractivity contribution in [3.05, 3.63) is 34.7 Å². The zero-order chi connectivity index (χ0) is 28.1. The van der Waals surface area contributed by atoms with E-state index in [0.29, 0.717) is 36.8 Å². The first-order valence-corrected chi connectivity index (χ1v) is 13.3. The van der Waals surface area contributed by atoms with E-state index in [0.717, 1.165) is 44.4 Å². The minimum absolute atomic E-state index is 0.0153. The Morgan fingerprint density at radius 3 is 2.62 bits per heavy atom. The van der Waals surface area contributed by atoms with Gasteiger partial charge in [-0.2, -0.15) is 23.1 Å². The molecule has 1 atom stereocenters. The minimum Gasteiger partial charge on any atom is -0.463 e. The number of nitrogens with two attached hydrogens (primary N) is 1. The summed E-state index contributed by atoms with van der Waals surface area (Å²) in [5.41, 5.74) is 3.25. The van der Waals surface area contributed by atoms with E-state index < -0.39 is 33.8 Å². The molecule has 2 aliphatic rings. The second-order valence-corrected chi connectivity index (χ2v) is 11.6. The molecule has 1 saturated carbocycles. The van der Waals surface area contributed by atoms with Crippen LogP contribution in [0.15, 0.2) is 18.3 Å². The lowest BCUT2D eigenvalue weighted by Crippen LogP contribution is -2.35. The van der Waals surface area contributed by atoms with Crippen LogP contribution in [-0.2, 0) is 6.18 Å². The van der Waals surface area contributed by atoms with Crippen molar-refractivity contribution in [2.45, 2.75) is 38.8 Å². The number of fused-ring (bicyclic) bond motifs is 1. The van der Waals surface area contributed by atoms with E-state index in [9.17, 15) is 13.2 Å². The van der Waals surface area contributed by atoms with Crippen molar-refractivity contribution in [3.8, 4) is 17.3 Å². The fourth-order valence-electron chi connectivity index (χ4n) is 5.41. The molecule has 0 bridgehead atoms. The maximum absolute atomic E-state index is 16.2. The highest BCUT2D eigenvalue weighted by Gasteiger charge is 2.44. The first kappa shape index (κ1) is 27.6. The number of rotatable bonds is 7. The van der Waals surface area contributed by atoms with Gasteiger partial charge in [-0.25, -0.2) is 4.39 Å². The molecule has 3 aromatic rings. The molecule has 2 N–H and O–H groups in total. The lowest BCUT2D eigenvalue weighted by Gasteiger charge is -2.32. The van der Waals surface area contributed by atoms with Crippen LogP contribution in [0.25, 0.3) is 22.2 Å². The number of hydrogen-bond donors (Lipinski definition) is 1. The molecule has 39 heavy (non-hydrogen) atoms. The molecule has 3 heterocycles. The van der Waals surface area contributed by atoms with E-state index in [1.807, 2.05) is 19.0 Å². The summed E-state index contributed by atoms with van der Waals surface area (Å²) < 4.78 is 64.1. The number of aromatic nitrogens is 3. The molecule has 12 heteroatoms. The lowest BCUT2D eigenvalue weighted by atomic mass is 9.99. The average Bonchev–Trinajstić information content (AvgIpc) is 3.60. The van der Waals surface area contributed by atoms with Gasteiger partial charge in [0.1, 0.15) is 17.0 Å². The predicted octanol–water partition coefficient (Wildman–Crippen LogP) is 6.04. The van der Waals surface area contributed by atoms with Gasteiger partial charge in [-0.3, -0.25) is 4.98 Å². The second-order valence-electron chi connectivity index (χ2n) is 11.2. The van der Waals surface area contributed by atoms with E-state index in [2.05, 4.69) is 26.8 Å². The van der Waals surface area contributed by atoms with E-state index in [-0.39, 0.29) is 22.6 Å². The highest BCUT2D eigenvalue weighted by molar-refractivity contribution is 6.32. The monoisotopic (exact) mass is 566 g/mol. The number of pyridine rings is 1. The smallest absolute Gasteiger partial charge is 0.418 e. The standard InChI is InChI=1S/C27H31ClF4N6O/c1-15-5-4-8-38(12-15)24-18-11-34-22(17-9-16(33)10-19(28)20(17)27(30,31)32)21(29)23(18)35-25(36-24)39-14-26(6-7-26)13-37(2)3/h9-11,15H,4-8,12-14,33H2,1-3H3. The number of anilines is 2. The number of halogens is 5. The minimum atomic E-state index is -4.86. The summed E-state index contributed by atoms with van der Waals surface area (Å²) in [6.45, 7) is 4.71. The summed E-state index contributed by atoms with van der Waals surface area (Å²) in [5, 5.41) is -0.334. The van der Waals surface area contributed by atoms with Gasteiger partial charge in [0, 0.05) is 42.5 Å². The topological polar surface area (TPSA) is 80.4 Å². The molecule has 1 aliphatic carbocycles. The molecular formula is C27H31ClF4N6O. The van der Waals surface area contributed by atoms with Crippen molar-refractivity contribution in [2.24, 2.45) is 11.3 Å². The number of alkyl halides is 3. The largest absolute Gasteiger partial charge is 0.463 e. The zero-order valence-corrected chi connectivity index (χ0v) is 22.8. The summed E-state index contributed by atoms with van der Waals surface area (Å²) in [6, 6.07) is 1.99. The summed E-state index contributed by atoms with van der Waals surface area (Å²) >= 11 is 5.93. The van der Waals surface area contributed by atoms with Crippen LogP contribution < -0.4 is 15.4 Å². The van der Waals surface area contributed by atoms with Crippen molar-refractivity contribution in [1.29, 1.82) is 0 Å². The summed E-state index contributed by atoms with van der Waals surface area (Å²) in [4.78, 5) is 17.2. The Kier molecular flexibility index (Phi) is 7.26. The summed E-state index contributed by atoms with van der Waals surface area (Å²) in [6.07, 6.45) is 0.436. The van der Waals surface area contributed by atoms with Crippen LogP contribution in [0.3, 0.4) is 0 Å². The van der Waals surface area contributed by atoms with Crippen LogP contribution in [0.1, 0.15) is 38.2 Å². The Morgan fingerprint density at radius 1 is 1.23 bits per heavy atom. The summed E-state index contributed by atoms with van der Waals surface area (Å²) in [5.74, 6) is -0.171. The quantitative estimate of drug-likeness (QED) is 0.276. The Bertz CT molecular complexity index is 1400. The molecule has 210 valence electrons. The van der Waals surface area contributed by atoms with E-state index in [1.54, 1.807) is 0 Å². The molecule has 7 nitrogen and oxygen atoms in total. The van der Waals surface area contributed by atoms with Crippen molar-refractivity contribution in [1.82, 2.24) is 19.9 Å². The Morgan fingerprint density at radius 2 is 1.97 bits per heavy atom. The Balaban J connectivity index is 1.64. The Labute approximate surface area is 229 Å². The first-order chi connectivity index (χ1) is 18.4. The molecule has 0 amide bonds. The maximum Gasteiger partial charge on any atom is 0.418 e. The second kappa shape index (κ2) is 10.2. The van der Waals surface area contributed by atoms with Gasteiger partial charge in [-0.15, -0.1) is 0 Å². The van der Waals surface area contributed by atoms with Crippen molar-refractivity contribution in [2.75, 3.05) is 51.0 Å². The van der Waals surface area contributed by atoms with Crippen LogP contribution in [0, 0.1) is 17.2 Å². The zero-order valence-electron chi connectivity index (χ0n) is 22.1. The molecule has 0 radical (unpaired) electrons. The molecule has 2 fully saturated rings. The van der Waals surface area contributed by atoms with E-state index in [4.69, 9.17) is 22.1 Å². The van der Waals surface area contributed by atoms with Crippen LogP contribution in [0.5, 0.6) is 6.01 Å². The third-order valence-corrected chi connectivity index (χ3v) is 7.67. The lowest BCUT2D eigenvalue weighted by molar-refractivity contribution is -0.137. The van der Waals surface area contributed by atoms with E-state index >= 15 is 4.39 Å². The predicted molar refractivity (Wildman–Crippen MR) is 143 cm³/mol. The Hall–Kier alpha value is -2.92. The molecule has 1 saturated heterocycles. The van der Waals surface area contributed by atoms with Gasteiger partial charge in [-0.05, 0) is 57.8 Å². The van der Waals surface area contributed by atoms with E-state index in [1.165, 1.54) is 6.20 Å². The van der Waals surface area contributed by atoms with Gasteiger partial charge in [-0.1, -0.05) is 18.5 Å². The number of piperidine rings is 1. The molecule has 0 spiro atoms. The highest BCUT2D eigenvalue weighted by Crippen LogP contribution is 2.47. The van der Waals surface area contributed by atoms with Gasteiger partial charge in [0.25, 0.3) is 0 Å². The van der Waals surface area contributed by atoms with Crippen LogP contribution in [0.2, 0.25) is 5.02 Å². The average molecular weight is 567 g/mol.